The quantitative estimate of drug-likeness (QED) is 0.531. The molecule has 6 heteroatoms. The van der Waals surface area contributed by atoms with E-state index < -0.39 is 0 Å². The fraction of sp³-hybridized carbons (Fsp3) is 0.263. The second-order valence-electron chi connectivity index (χ2n) is 5.89. The molecule has 128 valence electrons. The van der Waals surface area contributed by atoms with Crippen LogP contribution in [0.1, 0.15) is 0 Å². The van der Waals surface area contributed by atoms with Crippen molar-refractivity contribution in [2.45, 2.75) is 0 Å². The van der Waals surface area contributed by atoms with Gasteiger partial charge in [0.05, 0.1) is 0 Å². The van der Waals surface area contributed by atoms with Crippen LogP contribution in [0.15, 0.2) is 59.6 Å². The lowest BCUT2D eigenvalue weighted by atomic mass is 10.2. The summed E-state index contributed by atoms with van der Waals surface area (Å²) < 4.78 is 5.62. The molecule has 0 atom stereocenters. The summed E-state index contributed by atoms with van der Waals surface area (Å²) in [6.07, 6.45) is 1.76. The van der Waals surface area contributed by atoms with Crippen LogP contribution >= 0.6 is 0 Å². The zero-order chi connectivity index (χ0) is 17.5. The molecule has 3 rings (SSSR count). The van der Waals surface area contributed by atoms with Crippen molar-refractivity contribution in [1.82, 2.24) is 4.90 Å². The number of nitrogens with one attached hydrogen (secondary N) is 1. The Hall–Kier alpha value is -3.04. The molecule has 1 saturated heterocycles. The standard InChI is InChI=1S/C19H21N5O/c1-23-11-13-24(14-12-23)17-9-7-16(8-10-17)22-19(21-15-20)25-18-5-3-2-4-6-18/h2-10H,11-14H2,1H3,(H,21,22). The SMILES string of the molecule is CN1CCN(c2ccc(N/C(=N/C#N)Oc3ccccc3)cc2)CC1. The van der Waals surface area contributed by atoms with Crippen LogP contribution in [0.5, 0.6) is 5.75 Å². The maximum Gasteiger partial charge on any atom is 0.310 e. The number of hydrogen-bond donors (Lipinski definition) is 1. The van der Waals surface area contributed by atoms with Crippen LogP contribution in [0.4, 0.5) is 11.4 Å². The van der Waals surface area contributed by atoms with Crippen LogP contribution in [0.25, 0.3) is 0 Å². The number of para-hydroxylation sites is 1. The van der Waals surface area contributed by atoms with Gasteiger partial charge in [-0.3, -0.25) is 0 Å². The predicted octanol–water partition coefficient (Wildman–Crippen LogP) is 2.77. The van der Waals surface area contributed by atoms with Crippen molar-refractivity contribution < 1.29 is 4.74 Å². The smallest absolute Gasteiger partial charge is 0.310 e. The van der Waals surface area contributed by atoms with Crippen LogP contribution in [-0.4, -0.2) is 44.1 Å². The topological polar surface area (TPSA) is 63.9 Å². The first-order chi connectivity index (χ1) is 12.2. The number of aliphatic imine (C=N–C) groups is 1. The van der Waals surface area contributed by atoms with Gasteiger partial charge in [0, 0.05) is 37.6 Å². The highest BCUT2D eigenvalue weighted by Gasteiger charge is 2.14. The summed E-state index contributed by atoms with van der Waals surface area (Å²) in [7, 11) is 2.15. The number of hydrogen-bond acceptors (Lipinski definition) is 5. The lowest BCUT2D eigenvalue weighted by Crippen LogP contribution is -2.44. The first-order valence-electron chi connectivity index (χ1n) is 8.25. The van der Waals surface area contributed by atoms with Gasteiger partial charge < -0.3 is 19.9 Å². The van der Waals surface area contributed by atoms with E-state index in [9.17, 15) is 0 Å². The normalized spacial score (nSPS) is 15.5. The Morgan fingerprint density at radius 1 is 1.04 bits per heavy atom. The molecule has 0 aliphatic carbocycles. The van der Waals surface area contributed by atoms with E-state index in [1.54, 1.807) is 6.19 Å². The van der Waals surface area contributed by atoms with E-state index in [0.717, 1.165) is 31.9 Å². The number of benzene rings is 2. The molecule has 1 N–H and O–H groups in total. The maximum absolute atomic E-state index is 8.86. The molecule has 0 unspecified atom stereocenters. The molecular weight excluding hydrogens is 314 g/mol. The second kappa shape index (κ2) is 8.18. The molecule has 25 heavy (non-hydrogen) atoms. The number of nitriles is 1. The van der Waals surface area contributed by atoms with E-state index in [-0.39, 0.29) is 6.02 Å². The highest BCUT2D eigenvalue weighted by atomic mass is 16.5. The van der Waals surface area contributed by atoms with Crippen molar-refractivity contribution in [2.75, 3.05) is 43.4 Å². The molecule has 2 aromatic carbocycles. The Bertz CT molecular complexity index is 744. The largest absolute Gasteiger partial charge is 0.425 e. The molecular formula is C19H21N5O. The van der Waals surface area contributed by atoms with E-state index in [1.807, 2.05) is 42.5 Å². The fourth-order valence-electron chi connectivity index (χ4n) is 2.67. The lowest BCUT2D eigenvalue weighted by Gasteiger charge is -2.34. The Balaban J connectivity index is 1.65. The number of anilines is 2. The third-order valence-corrected chi connectivity index (χ3v) is 4.10. The van der Waals surface area contributed by atoms with Crippen LogP contribution in [-0.2, 0) is 0 Å². The van der Waals surface area contributed by atoms with Gasteiger partial charge in [-0.1, -0.05) is 18.2 Å². The molecule has 1 aliphatic rings. The van der Waals surface area contributed by atoms with Crippen LogP contribution in [0, 0.1) is 11.5 Å². The van der Waals surface area contributed by atoms with Gasteiger partial charge in [-0.2, -0.15) is 5.26 Å². The lowest BCUT2D eigenvalue weighted by molar-refractivity contribution is 0.313. The summed E-state index contributed by atoms with van der Waals surface area (Å²) in [6.45, 7) is 4.21. The van der Waals surface area contributed by atoms with E-state index in [1.165, 1.54) is 5.69 Å². The van der Waals surface area contributed by atoms with Gasteiger partial charge in [0.2, 0.25) is 6.19 Å². The minimum absolute atomic E-state index is 0.154. The van der Waals surface area contributed by atoms with Crippen molar-refractivity contribution >= 4 is 17.4 Å². The number of likely N-dealkylation sites (N-methyl/N-ethyl adjacent to an activating group) is 1. The molecule has 0 bridgehead atoms. The summed E-state index contributed by atoms with van der Waals surface area (Å²) in [5.74, 6) is 0.623. The zero-order valence-electron chi connectivity index (χ0n) is 14.2. The van der Waals surface area contributed by atoms with Crippen molar-refractivity contribution in [2.24, 2.45) is 4.99 Å². The second-order valence-corrected chi connectivity index (χ2v) is 5.89. The Kier molecular flexibility index (Phi) is 5.50. The molecule has 2 aromatic rings. The average molecular weight is 335 g/mol. The minimum Gasteiger partial charge on any atom is -0.425 e. The third kappa shape index (κ3) is 4.72. The number of piperazine rings is 1. The number of rotatable bonds is 3. The van der Waals surface area contributed by atoms with Gasteiger partial charge in [-0.15, -0.1) is 4.99 Å². The van der Waals surface area contributed by atoms with Crippen LogP contribution in [0.3, 0.4) is 0 Å². The first-order valence-corrected chi connectivity index (χ1v) is 8.25. The van der Waals surface area contributed by atoms with Crippen LogP contribution in [0.2, 0.25) is 0 Å². The molecule has 0 radical (unpaired) electrons. The summed E-state index contributed by atoms with van der Waals surface area (Å²) >= 11 is 0. The minimum atomic E-state index is 0.154. The molecule has 6 nitrogen and oxygen atoms in total. The van der Waals surface area contributed by atoms with Crippen molar-refractivity contribution in [1.29, 1.82) is 5.26 Å². The van der Waals surface area contributed by atoms with Gasteiger partial charge in [-0.05, 0) is 43.4 Å². The molecule has 0 spiro atoms. The van der Waals surface area contributed by atoms with Gasteiger partial charge in [0.1, 0.15) is 5.75 Å². The molecule has 0 aromatic heterocycles. The van der Waals surface area contributed by atoms with Gasteiger partial charge in [0.25, 0.3) is 0 Å². The average Bonchev–Trinajstić information content (AvgIpc) is 2.64. The highest BCUT2D eigenvalue weighted by Crippen LogP contribution is 2.20. The third-order valence-electron chi connectivity index (χ3n) is 4.10. The van der Waals surface area contributed by atoms with Gasteiger partial charge >= 0.3 is 6.02 Å². The monoisotopic (exact) mass is 335 g/mol. The first kappa shape index (κ1) is 16.8. The molecule has 0 saturated carbocycles. The predicted molar refractivity (Wildman–Crippen MR) is 99.9 cm³/mol. The molecule has 1 fully saturated rings. The Morgan fingerprint density at radius 2 is 1.72 bits per heavy atom. The summed E-state index contributed by atoms with van der Waals surface area (Å²) in [4.78, 5) is 8.41. The highest BCUT2D eigenvalue weighted by molar-refractivity contribution is 5.91. The van der Waals surface area contributed by atoms with E-state index in [4.69, 9.17) is 10.00 Å². The Labute approximate surface area is 148 Å². The number of amidine groups is 1. The van der Waals surface area contributed by atoms with Crippen LogP contribution < -0.4 is 15.0 Å². The van der Waals surface area contributed by atoms with Crippen molar-refractivity contribution in [3.05, 3.63) is 54.6 Å². The number of ether oxygens (including phenoxy) is 1. The molecule has 1 heterocycles. The van der Waals surface area contributed by atoms with Crippen molar-refractivity contribution in [3.63, 3.8) is 0 Å². The van der Waals surface area contributed by atoms with Gasteiger partial charge in [0.15, 0.2) is 0 Å². The maximum atomic E-state index is 8.86. The molecule has 0 amide bonds. The van der Waals surface area contributed by atoms with Crippen molar-refractivity contribution in [3.8, 4) is 11.9 Å². The summed E-state index contributed by atoms with van der Waals surface area (Å²) in [5, 5.41) is 11.9. The fourth-order valence-corrected chi connectivity index (χ4v) is 2.67. The van der Waals surface area contributed by atoms with E-state index in [2.05, 4.69) is 39.3 Å². The van der Waals surface area contributed by atoms with E-state index in [0.29, 0.717) is 5.75 Å². The zero-order valence-corrected chi connectivity index (χ0v) is 14.2. The summed E-state index contributed by atoms with van der Waals surface area (Å²) in [6, 6.07) is 17.5. The number of nitrogens with zero attached hydrogens (tertiary/aromatic N) is 4. The Morgan fingerprint density at radius 3 is 2.36 bits per heavy atom. The van der Waals surface area contributed by atoms with E-state index >= 15 is 0 Å². The summed E-state index contributed by atoms with van der Waals surface area (Å²) in [5.41, 5.74) is 2.02. The van der Waals surface area contributed by atoms with Gasteiger partial charge in [-0.25, -0.2) is 0 Å². The molecule has 1 aliphatic heterocycles.